The lowest BCUT2D eigenvalue weighted by molar-refractivity contribution is -0.136. The average molecular weight is 204 g/mol. The van der Waals surface area contributed by atoms with Crippen molar-refractivity contribution in [3.63, 3.8) is 0 Å². The van der Waals surface area contributed by atoms with Crippen molar-refractivity contribution in [2.24, 2.45) is 0 Å². The first-order valence-electron chi connectivity index (χ1n) is 4.82. The molecule has 0 atom stereocenters. The van der Waals surface area contributed by atoms with E-state index in [4.69, 9.17) is 5.11 Å². The fraction of sp³-hybridized carbons (Fsp3) is 0.273. The first-order valence-corrected chi connectivity index (χ1v) is 4.82. The van der Waals surface area contributed by atoms with E-state index in [1.807, 2.05) is 29.7 Å². The number of carboxylic acid groups (broad SMARTS) is 1. The van der Waals surface area contributed by atoms with Gasteiger partial charge < -0.3 is 9.51 Å². The van der Waals surface area contributed by atoms with Gasteiger partial charge in [0.15, 0.2) is 0 Å². The third kappa shape index (κ3) is 1.83. The molecule has 0 unspecified atom stereocenters. The van der Waals surface area contributed by atoms with Crippen LogP contribution >= 0.6 is 0 Å². The molecule has 0 bridgehead atoms. The van der Waals surface area contributed by atoms with Crippen LogP contribution in [0.15, 0.2) is 24.5 Å². The van der Waals surface area contributed by atoms with Gasteiger partial charge in [0.25, 0.3) is 0 Å². The highest BCUT2D eigenvalue weighted by Gasteiger charge is 2.05. The molecule has 0 amide bonds. The molecule has 4 heteroatoms. The summed E-state index contributed by atoms with van der Waals surface area (Å²) in [4.78, 5) is 14.7. The maximum absolute atomic E-state index is 10.5. The van der Waals surface area contributed by atoms with Gasteiger partial charge in [0, 0.05) is 12.6 Å². The zero-order valence-electron chi connectivity index (χ0n) is 8.47. The summed E-state index contributed by atoms with van der Waals surface area (Å²) in [5, 5.41) is 8.63. The maximum atomic E-state index is 10.5. The Morgan fingerprint density at radius 1 is 1.60 bits per heavy atom. The van der Waals surface area contributed by atoms with Gasteiger partial charge in [-0.1, -0.05) is 6.07 Å². The lowest BCUT2D eigenvalue weighted by Gasteiger charge is -2.02. The molecule has 0 aromatic carbocycles. The van der Waals surface area contributed by atoms with Gasteiger partial charge in [-0.05, 0) is 25.0 Å². The number of hydrogen-bond acceptors (Lipinski definition) is 2. The quantitative estimate of drug-likeness (QED) is 0.827. The van der Waals surface area contributed by atoms with Gasteiger partial charge in [-0.2, -0.15) is 0 Å². The van der Waals surface area contributed by atoms with Crippen LogP contribution in [0.4, 0.5) is 0 Å². The van der Waals surface area contributed by atoms with Crippen molar-refractivity contribution in [3.05, 3.63) is 35.9 Å². The van der Waals surface area contributed by atoms with Crippen LogP contribution in [0.3, 0.4) is 0 Å². The van der Waals surface area contributed by atoms with E-state index < -0.39 is 5.97 Å². The average Bonchev–Trinajstić information content (AvgIpc) is 2.58. The first kappa shape index (κ1) is 9.71. The monoisotopic (exact) mass is 204 g/mol. The van der Waals surface area contributed by atoms with E-state index in [9.17, 15) is 4.79 Å². The molecular weight excluding hydrogens is 192 g/mol. The zero-order chi connectivity index (χ0) is 10.8. The van der Waals surface area contributed by atoms with Crippen molar-refractivity contribution in [2.45, 2.75) is 19.8 Å². The van der Waals surface area contributed by atoms with Crippen LogP contribution < -0.4 is 0 Å². The van der Waals surface area contributed by atoms with Gasteiger partial charge in [-0.3, -0.25) is 4.79 Å². The first-order chi connectivity index (χ1) is 7.18. The van der Waals surface area contributed by atoms with Crippen LogP contribution in [0.25, 0.3) is 5.52 Å². The minimum absolute atomic E-state index is 0.157. The molecule has 78 valence electrons. The lowest BCUT2D eigenvalue weighted by atomic mass is 10.1. The Kier molecular flexibility index (Phi) is 2.41. The summed E-state index contributed by atoms with van der Waals surface area (Å²) >= 11 is 0. The molecular formula is C11H12N2O2. The van der Waals surface area contributed by atoms with Gasteiger partial charge in [-0.15, -0.1) is 0 Å². The standard InChI is InChI=1S/C11H12N2O2/c1-8-12-7-10-9(4-5-11(14)15)3-2-6-13(8)10/h2-3,6-7H,4-5H2,1H3,(H,14,15). The molecule has 1 N–H and O–H groups in total. The summed E-state index contributed by atoms with van der Waals surface area (Å²) in [6, 6.07) is 3.86. The Morgan fingerprint density at radius 3 is 3.13 bits per heavy atom. The second-order valence-corrected chi connectivity index (χ2v) is 3.49. The number of fused-ring (bicyclic) bond motifs is 1. The number of aryl methyl sites for hydroxylation is 2. The Morgan fingerprint density at radius 2 is 2.40 bits per heavy atom. The largest absolute Gasteiger partial charge is 0.481 e. The molecule has 0 saturated heterocycles. The van der Waals surface area contributed by atoms with Gasteiger partial charge in [0.05, 0.1) is 11.7 Å². The van der Waals surface area contributed by atoms with Crippen molar-refractivity contribution in [1.82, 2.24) is 9.38 Å². The third-order valence-electron chi connectivity index (χ3n) is 2.45. The molecule has 0 saturated carbocycles. The molecule has 0 radical (unpaired) electrons. The SMILES string of the molecule is Cc1ncc2c(CCC(=O)O)cccn12. The number of nitrogens with zero attached hydrogens (tertiary/aromatic N) is 2. The zero-order valence-corrected chi connectivity index (χ0v) is 8.47. The number of carbonyl (C=O) groups is 1. The van der Waals surface area contributed by atoms with Crippen molar-refractivity contribution in [2.75, 3.05) is 0 Å². The molecule has 0 aliphatic carbocycles. The van der Waals surface area contributed by atoms with Crippen molar-refractivity contribution in [3.8, 4) is 0 Å². The van der Waals surface area contributed by atoms with Crippen LogP contribution in [0.1, 0.15) is 17.8 Å². The molecule has 0 aliphatic rings. The second-order valence-electron chi connectivity index (χ2n) is 3.49. The van der Waals surface area contributed by atoms with E-state index >= 15 is 0 Å². The van der Waals surface area contributed by atoms with Gasteiger partial charge in [0.2, 0.25) is 0 Å². The Balaban J connectivity index is 2.38. The fourth-order valence-electron chi connectivity index (χ4n) is 1.66. The number of imidazole rings is 1. The van der Waals surface area contributed by atoms with Crippen LogP contribution in [0.2, 0.25) is 0 Å². The number of rotatable bonds is 3. The molecule has 0 spiro atoms. The molecule has 2 aromatic rings. The van der Waals surface area contributed by atoms with E-state index in [1.165, 1.54) is 0 Å². The highest BCUT2D eigenvalue weighted by Crippen LogP contribution is 2.14. The van der Waals surface area contributed by atoms with Crippen molar-refractivity contribution < 1.29 is 9.90 Å². The number of pyridine rings is 1. The summed E-state index contributed by atoms with van der Waals surface area (Å²) in [6.45, 7) is 1.92. The summed E-state index contributed by atoms with van der Waals surface area (Å²) < 4.78 is 1.97. The van der Waals surface area contributed by atoms with Crippen LogP contribution in [0.5, 0.6) is 0 Å². The van der Waals surface area contributed by atoms with Crippen molar-refractivity contribution in [1.29, 1.82) is 0 Å². The highest BCUT2D eigenvalue weighted by molar-refractivity contribution is 5.68. The number of carboxylic acids is 1. The maximum Gasteiger partial charge on any atom is 0.303 e. The Labute approximate surface area is 87.2 Å². The normalized spacial score (nSPS) is 10.7. The molecule has 0 aliphatic heterocycles. The molecule has 2 rings (SSSR count). The van der Waals surface area contributed by atoms with Gasteiger partial charge >= 0.3 is 5.97 Å². The highest BCUT2D eigenvalue weighted by atomic mass is 16.4. The smallest absolute Gasteiger partial charge is 0.303 e. The predicted octanol–water partition coefficient (Wildman–Crippen LogP) is 1.66. The Hall–Kier alpha value is -1.84. The van der Waals surface area contributed by atoms with Crippen LogP contribution in [0, 0.1) is 6.92 Å². The summed E-state index contributed by atoms with van der Waals surface area (Å²) in [5.74, 6) is 0.149. The van der Waals surface area contributed by atoms with Gasteiger partial charge in [-0.25, -0.2) is 4.98 Å². The van der Waals surface area contributed by atoms with E-state index in [1.54, 1.807) is 6.20 Å². The van der Waals surface area contributed by atoms with Crippen LogP contribution in [-0.2, 0) is 11.2 Å². The van der Waals surface area contributed by atoms with E-state index in [2.05, 4.69) is 4.98 Å². The van der Waals surface area contributed by atoms with Crippen molar-refractivity contribution >= 4 is 11.5 Å². The molecule has 15 heavy (non-hydrogen) atoms. The summed E-state index contributed by atoms with van der Waals surface area (Å²) in [7, 11) is 0. The molecule has 2 aromatic heterocycles. The summed E-state index contributed by atoms with van der Waals surface area (Å²) in [5.41, 5.74) is 2.02. The topological polar surface area (TPSA) is 54.6 Å². The summed E-state index contributed by atoms with van der Waals surface area (Å²) in [6.07, 6.45) is 4.42. The lowest BCUT2D eigenvalue weighted by Crippen LogP contribution is -1.99. The number of hydrogen-bond donors (Lipinski definition) is 1. The minimum Gasteiger partial charge on any atom is -0.481 e. The second kappa shape index (κ2) is 3.73. The van der Waals surface area contributed by atoms with Crippen LogP contribution in [-0.4, -0.2) is 20.5 Å². The molecule has 0 fully saturated rings. The predicted molar refractivity (Wildman–Crippen MR) is 55.9 cm³/mol. The number of aliphatic carboxylic acids is 1. The van der Waals surface area contributed by atoms with E-state index in [0.29, 0.717) is 6.42 Å². The third-order valence-corrected chi connectivity index (χ3v) is 2.45. The fourth-order valence-corrected chi connectivity index (χ4v) is 1.66. The minimum atomic E-state index is -0.770. The number of aromatic nitrogens is 2. The molecule has 4 nitrogen and oxygen atoms in total. The van der Waals surface area contributed by atoms with Gasteiger partial charge in [0.1, 0.15) is 5.82 Å². The Bertz CT molecular complexity index is 502. The van der Waals surface area contributed by atoms with E-state index in [0.717, 1.165) is 16.9 Å². The molecule has 2 heterocycles. The van der Waals surface area contributed by atoms with E-state index in [-0.39, 0.29) is 6.42 Å².